The number of carbonyl (C=O) groups is 2. The maximum absolute atomic E-state index is 12.8. The van der Waals surface area contributed by atoms with Crippen LogP contribution in [0.15, 0.2) is 42.5 Å². The quantitative estimate of drug-likeness (QED) is 0.858. The Hall–Kier alpha value is -2.36. The number of likely N-dealkylation sites (tertiary alicyclic amines) is 1. The molecule has 0 radical (unpaired) electrons. The van der Waals surface area contributed by atoms with Crippen molar-refractivity contribution >= 4 is 22.6 Å². The molecule has 1 saturated heterocycles. The summed E-state index contributed by atoms with van der Waals surface area (Å²) in [7, 11) is 0. The molecule has 1 aliphatic carbocycles. The molecule has 2 aliphatic rings. The van der Waals surface area contributed by atoms with Gasteiger partial charge in [-0.2, -0.15) is 0 Å². The standard InChI is InChI=1S/C24H30N2O2/c1-17-8-11-22-20(15-17)7-4-14-26(22)23(27)12-13-25-24(28)21-10-9-18-5-2-3-6-19(18)16-21/h2-3,5-6,9-10,16-17,20,22H,4,7-8,11-15H2,1H3,(H,25,28)/t17-,20-,22+/m1/s1. The number of nitrogens with one attached hydrogen (secondary N) is 1. The van der Waals surface area contributed by atoms with Crippen LogP contribution < -0.4 is 5.32 Å². The van der Waals surface area contributed by atoms with Gasteiger partial charge in [0, 0.05) is 31.1 Å². The second-order valence-electron chi connectivity index (χ2n) is 8.54. The van der Waals surface area contributed by atoms with Gasteiger partial charge in [0.25, 0.3) is 5.91 Å². The highest BCUT2D eigenvalue weighted by Crippen LogP contribution is 2.38. The van der Waals surface area contributed by atoms with Crippen LogP contribution in [0, 0.1) is 11.8 Å². The van der Waals surface area contributed by atoms with Crippen LogP contribution >= 0.6 is 0 Å². The molecule has 2 fully saturated rings. The van der Waals surface area contributed by atoms with Gasteiger partial charge in [-0.3, -0.25) is 9.59 Å². The Kier molecular flexibility index (Phi) is 5.65. The minimum atomic E-state index is -0.110. The third-order valence-electron chi connectivity index (χ3n) is 6.54. The van der Waals surface area contributed by atoms with Gasteiger partial charge in [-0.15, -0.1) is 0 Å². The molecule has 2 amide bonds. The molecule has 28 heavy (non-hydrogen) atoms. The molecule has 0 unspecified atom stereocenters. The third kappa shape index (κ3) is 4.06. The van der Waals surface area contributed by atoms with Crippen molar-refractivity contribution in [1.29, 1.82) is 0 Å². The predicted molar refractivity (Wildman–Crippen MR) is 112 cm³/mol. The van der Waals surface area contributed by atoms with Crippen molar-refractivity contribution in [3.8, 4) is 0 Å². The summed E-state index contributed by atoms with van der Waals surface area (Å²) in [4.78, 5) is 27.4. The Morgan fingerprint density at radius 1 is 1.07 bits per heavy atom. The number of carbonyl (C=O) groups excluding carboxylic acids is 2. The molecule has 3 atom stereocenters. The lowest BCUT2D eigenvalue weighted by Gasteiger charge is -2.45. The Morgan fingerprint density at radius 3 is 2.75 bits per heavy atom. The van der Waals surface area contributed by atoms with Gasteiger partial charge >= 0.3 is 0 Å². The van der Waals surface area contributed by atoms with Crippen LogP contribution in [0.25, 0.3) is 10.8 Å². The summed E-state index contributed by atoms with van der Waals surface area (Å²) in [5, 5.41) is 5.10. The van der Waals surface area contributed by atoms with E-state index in [1.165, 1.54) is 19.3 Å². The second-order valence-corrected chi connectivity index (χ2v) is 8.54. The number of hydrogen-bond donors (Lipinski definition) is 1. The van der Waals surface area contributed by atoms with Gasteiger partial charge in [-0.1, -0.05) is 37.3 Å². The molecule has 0 bridgehead atoms. The van der Waals surface area contributed by atoms with E-state index >= 15 is 0 Å². The first-order valence-corrected chi connectivity index (χ1v) is 10.7. The van der Waals surface area contributed by atoms with E-state index in [1.807, 2.05) is 42.5 Å². The highest BCUT2D eigenvalue weighted by molar-refractivity contribution is 5.98. The van der Waals surface area contributed by atoms with Crippen LogP contribution in [0.4, 0.5) is 0 Å². The fraction of sp³-hybridized carbons (Fsp3) is 0.500. The molecule has 148 valence electrons. The maximum atomic E-state index is 12.8. The Labute approximate surface area is 167 Å². The fourth-order valence-corrected chi connectivity index (χ4v) is 5.06. The first-order chi connectivity index (χ1) is 13.6. The molecular formula is C24H30N2O2. The predicted octanol–water partition coefficient (Wildman–Crippen LogP) is 4.39. The molecule has 4 heteroatoms. The maximum Gasteiger partial charge on any atom is 0.251 e. The van der Waals surface area contributed by atoms with Crippen LogP contribution in [0.3, 0.4) is 0 Å². The van der Waals surface area contributed by atoms with Gasteiger partial charge in [0.05, 0.1) is 0 Å². The number of piperidine rings is 1. The van der Waals surface area contributed by atoms with Crippen molar-refractivity contribution in [3.05, 3.63) is 48.0 Å². The molecule has 1 saturated carbocycles. The molecule has 1 aliphatic heterocycles. The van der Waals surface area contributed by atoms with Crippen LogP contribution in [-0.4, -0.2) is 35.8 Å². The minimum absolute atomic E-state index is 0.110. The summed E-state index contributed by atoms with van der Waals surface area (Å²) in [5.41, 5.74) is 0.644. The topological polar surface area (TPSA) is 49.4 Å². The van der Waals surface area contributed by atoms with Crippen molar-refractivity contribution in [2.45, 2.75) is 51.5 Å². The zero-order valence-corrected chi connectivity index (χ0v) is 16.7. The molecule has 2 aromatic rings. The van der Waals surface area contributed by atoms with E-state index in [9.17, 15) is 9.59 Å². The molecule has 0 spiro atoms. The van der Waals surface area contributed by atoms with Gasteiger partial charge in [-0.05, 0) is 66.8 Å². The highest BCUT2D eigenvalue weighted by atomic mass is 16.2. The summed E-state index contributed by atoms with van der Waals surface area (Å²) in [5.74, 6) is 1.55. The SMILES string of the molecule is C[C@@H]1CC[C@H]2[C@H](CCCN2C(=O)CCNC(=O)c2ccc3ccccc3c2)C1. The van der Waals surface area contributed by atoms with E-state index < -0.39 is 0 Å². The van der Waals surface area contributed by atoms with Gasteiger partial charge in [-0.25, -0.2) is 0 Å². The number of hydrogen-bond acceptors (Lipinski definition) is 2. The molecule has 0 aromatic heterocycles. The largest absolute Gasteiger partial charge is 0.352 e. The average Bonchev–Trinajstić information content (AvgIpc) is 2.72. The summed E-state index contributed by atoms with van der Waals surface area (Å²) in [6.07, 6.45) is 6.39. The van der Waals surface area contributed by atoms with Crippen LogP contribution in [0.5, 0.6) is 0 Å². The van der Waals surface area contributed by atoms with E-state index in [2.05, 4.69) is 17.1 Å². The second kappa shape index (κ2) is 8.34. The third-order valence-corrected chi connectivity index (χ3v) is 6.54. The first-order valence-electron chi connectivity index (χ1n) is 10.7. The zero-order valence-electron chi connectivity index (χ0n) is 16.7. The normalized spacial score (nSPS) is 24.6. The summed E-state index contributed by atoms with van der Waals surface area (Å²) < 4.78 is 0. The molecule has 1 heterocycles. The van der Waals surface area contributed by atoms with E-state index in [0.717, 1.165) is 36.1 Å². The highest BCUT2D eigenvalue weighted by Gasteiger charge is 2.37. The van der Waals surface area contributed by atoms with Crippen LogP contribution in [0.1, 0.15) is 55.8 Å². The van der Waals surface area contributed by atoms with Gasteiger partial charge < -0.3 is 10.2 Å². The number of rotatable bonds is 4. The van der Waals surface area contributed by atoms with Crippen molar-refractivity contribution < 1.29 is 9.59 Å². The number of nitrogens with zero attached hydrogens (tertiary/aromatic N) is 1. The number of fused-ring (bicyclic) bond motifs is 2. The van der Waals surface area contributed by atoms with Crippen LogP contribution in [0.2, 0.25) is 0 Å². The van der Waals surface area contributed by atoms with Crippen molar-refractivity contribution in [1.82, 2.24) is 10.2 Å². The lowest BCUT2D eigenvalue weighted by Crippen LogP contribution is -2.51. The van der Waals surface area contributed by atoms with Crippen molar-refractivity contribution in [3.63, 3.8) is 0 Å². The van der Waals surface area contributed by atoms with Crippen LogP contribution in [-0.2, 0) is 4.79 Å². The molecular weight excluding hydrogens is 348 g/mol. The average molecular weight is 379 g/mol. The lowest BCUT2D eigenvalue weighted by atomic mass is 9.74. The van der Waals surface area contributed by atoms with Gasteiger partial charge in [0.15, 0.2) is 0 Å². The summed E-state index contributed by atoms with van der Waals surface area (Å²) in [6, 6.07) is 14.2. The summed E-state index contributed by atoms with van der Waals surface area (Å²) in [6.45, 7) is 3.61. The molecule has 1 N–H and O–H groups in total. The van der Waals surface area contributed by atoms with E-state index in [0.29, 0.717) is 30.5 Å². The Bertz CT molecular complexity index is 863. The van der Waals surface area contributed by atoms with E-state index in [-0.39, 0.29) is 11.8 Å². The first kappa shape index (κ1) is 19.0. The lowest BCUT2D eigenvalue weighted by molar-refractivity contribution is -0.137. The molecule has 2 aromatic carbocycles. The number of benzene rings is 2. The van der Waals surface area contributed by atoms with Gasteiger partial charge in [0.2, 0.25) is 5.91 Å². The molecule has 4 nitrogen and oxygen atoms in total. The van der Waals surface area contributed by atoms with E-state index in [4.69, 9.17) is 0 Å². The zero-order chi connectivity index (χ0) is 19.5. The Balaban J connectivity index is 1.31. The van der Waals surface area contributed by atoms with Gasteiger partial charge in [0.1, 0.15) is 0 Å². The molecule has 4 rings (SSSR count). The summed E-state index contributed by atoms with van der Waals surface area (Å²) >= 11 is 0. The minimum Gasteiger partial charge on any atom is -0.352 e. The smallest absolute Gasteiger partial charge is 0.251 e. The number of amides is 2. The Morgan fingerprint density at radius 2 is 1.89 bits per heavy atom. The fourth-order valence-electron chi connectivity index (χ4n) is 5.06. The monoisotopic (exact) mass is 378 g/mol. The van der Waals surface area contributed by atoms with Crippen molar-refractivity contribution in [2.75, 3.05) is 13.1 Å². The van der Waals surface area contributed by atoms with Crippen molar-refractivity contribution in [2.24, 2.45) is 11.8 Å². The van der Waals surface area contributed by atoms with E-state index in [1.54, 1.807) is 0 Å².